The summed E-state index contributed by atoms with van der Waals surface area (Å²) in [6, 6.07) is 7.53. The molecule has 0 unspecified atom stereocenters. The van der Waals surface area contributed by atoms with E-state index in [2.05, 4.69) is 20.4 Å². The highest BCUT2D eigenvalue weighted by Crippen LogP contribution is 2.20. The quantitative estimate of drug-likeness (QED) is 0.926. The Labute approximate surface area is 123 Å². The fraction of sp³-hybridized carbons (Fsp3) is 0.400. The van der Waals surface area contributed by atoms with E-state index < -0.39 is 0 Å². The molecule has 6 heteroatoms. The van der Waals surface area contributed by atoms with Crippen molar-refractivity contribution >= 4 is 11.7 Å². The van der Waals surface area contributed by atoms with Gasteiger partial charge in [0.25, 0.3) is 5.91 Å². The number of amides is 1. The van der Waals surface area contributed by atoms with E-state index in [4.69, 9.17) is 4.52 Å². The Bertz CT molecular complexity index is 563. The molecule has 6 nitrogen and oxygen atoms in total. The summed E-state index contributed by atoms with van der Waals surface area (Å²) in [5.74, 6) is 1.60. The van der Waals surface area contributed by atoms with E-state index in [1.807, 2.05) is 24.4 Å². The average Bonchev–Trinajstić information content (AvgIpc) is 3.08. The Morgan fingerprint density at radius 1 is 1.29 bits per heavy atom. The summed E-state index contributed by atoms with van der Waals surface area (Å²) >= 11 is 0. The minimum absolute atomic E-state index is 0.195. The van der Waals surface area contributed by atoms with Gasteiger partial charge in [-0.15, -0.1) is 0 Å². The largest absolute Gasteiger partial charge is 0.357 e. The first-order chi connectivity index (χ1) is 10.3. The molecular weight excluding hydrogens is 268 g/mol. The molecule has 0 aliphatic carbocycles. The van der Waals surface area contributed by atoms with Crippen molar-refractivity contribution in [2.24, 2.45) is 5.92 Å². The molecule has 1 amide bonds. The molecule has 2 aromatic rings. The van der Waals surface area contributed by atoms with Crippen LogP contribution >= 0.6 is 0 Å². The van der Waals surface area contributed by atoms with Gasteiger partial charge in [0.15, 0.2) is 0 Å². The number of piperidine rings is 1. The minimum Gasteiger partial charge on any atom is -0.357 e. The number of hydrogen-bond donors (Lipinski definition) is 1. The van der Waals surface area contributed by atoms with Gasteiger partial charge in [-0.2, -0.15) is 0 Å². The van der Waals surface area contributed by atoms with Gasteiger partial charge in [-0.1, -0.05) is 11.2 Å². The molecule has 0 bridgehead atoms. The van der Waals surface area contributed by atoms with Gasteiger partial charge >= 0.3 is 0 Å². The van der Waals surface area contributed by atoms with Gasteiger partial charge in [-0.25, -0.2) is 4.98 Å². The molecule has 2 aromatic heterocycles. The lowest BCUT2D eigenvalue weighted by Crippen LogP contribution is -2.39. The second-order valence-corrected chi connectivity index (χ2v) is 5.21. The molecule has 1 aliphatic rings. The number of carbonyl (C=O) groups excluding carboxylic acids is 1. The Morgan fingerprint density at radius 3 is 2.81 bits per heavy atom. The monoisotopic (exact) mass is 286 g/mol. The summed E-state index contributed by atoms with van der Waals surface area (Å²) in [6.07, 6.45) is 5.39. The summed E-state index contributed by atoms with van der Waals surface area (Å²) in [4.78, 5) is 18.4. The van der Waals surface area contributed by atoms with Crippen LogP contribution in [0.3, 0.4) is 0 Å². The third-order valence-corrected chi connectivity index (χ3v) is 3.80. The topological polar surface area (TPSA) is 71.3 Å². The van der Waals surface area contributed by atoms with E-state index in [1.165, 1.54) is 6.20 Å². The van der Waals surface area contributed by atoms with Gasteiger partial charge in [-0.3, -0.25) is 4.79 Å². The van der Waals surface area contributed by atoms with E-state index in [1.54, 1.807) is 6.07 Å². The summed E-state index contributed by atoms with van der Waals surface area (Å²) < 4.78 is 4.83. The highest BCUT2D eigenvalue weighted by atomic mass is 16.5. The molecule has 21 heavy (non-hydrogen) atoms. The van der Waals surface area contributed by atoms with Crippen LogP contribution in [0.5, 0.6) is 0 Å². The van der Waals surface area contributed by atoms with Gasteiger partial charge in [0, 0.05) is 31.9 Å². The lowest BCUT2D eigenvalue weighted by molar-refractivity contribution is 0.0908. The van der Waals surface area contributed by atoms with E-state index in [0.29, 0.717) is 12.5 Å². The van der Waals surface area contributed by atoms with Crippen molar-refractivity contribution in [2.45, 2.75) is 12.8 Å². The number of aromatic nitrogens is 2. The van der Waals surface area contributed by atoms with Gasteiger partial charge in [0.05, 0.1) is 6.20 Å². The number of nitrogens with zero attached hydrogens (tertiary/aromatic N) is 3. The molecule has 1 aliphatic heterocycles. The maximum atomic E-state index is 11.8. The second-order valence-electron chi connectivity index (χ2n) is 5.21. The molecule has 1 N–H and O–H groups in total. The Morgan fingerprint density at radius 2 is 2.14 bits per heavy atom. The van der Waals surface area contributed by atoms with E-state index in [9.17, 15) is 4.79 Å². The maximum absolute atomic E-state index is 11.8. The van der Waals surface area contributed by atoms with E-state index >= 15 is 0 Å². The van der Waals surface area contributed by atoms with Crippen molar-refractivity contribution in [2.75, 3.05) is 24.5 Å². The predicted octanol–water partition coefficient (Wildman–Crippen LogP) is 1.72. The van der Waals surface area contributed by atoms with Crippen LogP contribution in [-0.2, 0) is 0 Å². The number of anilines is 1. The Balaban J connectivity index is 1.45. The molecule has 0 saturated carbocycles. The molecule has 0 spiro atoms. The van der Waals surface area contributed by atoms with Gasteiger partial charge in [-0.05, 0) is 30.9 Å². The Hall–Kier alpha value is -2.37. The first kappa shape index (κ1) is 13.6. The highest BCUT2D eigenvalue weighted by Gasteiger charge is 2.21. The van der Waals surface area contributed by atoms with Crippen LogP contribution in [0.1, 0.15) is 23.4 Å². The number of nitrogens with one attached hydrogen (secondary N) is 1. The zero-order chi connectivity index (χ0) is 14.5. The predicted molar refractivity (Wildman–Crippen MR) is 78.0 cm³/mol. The highest BCUT2D eigenvalue weighted by molar-refractivity contribution is 5.91. The zero-order valence-electron chi connectivity index (χ0n) is 11.7. The lowest BCUT2D eigenvalue weighted by atomic mass is 9.97. The Kier molecular flexibility index (Phi) is 4.14. The van der Waals surface area contributed by atoms with Crippen molar-refractivity contribution in [3.05, 3.63) is 42.4 Å². The fourth-order valence-corrected chi connectivity index (χ4v) is 2.56. The van der Waals surface area contributed by atoms with Crippen LogP contribution in [0.15, 0.2) is 41.2 Å². The van der Waals surface area contributed by atoms with Crippen LogP contribution in [0, 0.1) is 5.92 Å². The number of carbonyl (C=O) groups is 1. The van der Waals surface area contributed by atoms with Crippen LogP contribution in [0.4, 0.5) is 5.82 Å². The third-order valence-electron chi connectivity index (χ3n) is 3.80. The zero-order valence-corrected chi connectivity index (χ0v) is 11.7. The molecule has 0 atom stereocenters. The maximum Gasteiger partial charge on any atom is 0.289 e. The summed E-state index contributed by atoms with van der Waals surface area (Å²) in [5, 5.41) is 6.43. The standard InChI is InChI=1S/C15H18N4O2/c20-15(13-4-8-18-21-13)17-11-12-5-9-19(10-6-12)14-3-1-2-7-16-14/h1-4,7-8,12H,5-6,9-11H2,(H,17,20). The van der Waals surface area contributed by atoms with Crippen molar-refractivity contribution < 1.29 is 9.32 Å². The first-order valence-electron chi connectivity index (χ1n) is 7.18. The van der Waals surface area contributed by atoms with Crippen LogP contribution in [0.25, 0.3) is 0 Å². The summed E-state index contributed by atoms with van der Waals surface area (Å²) in [5.41, 5.74) is 0. The average molecular weight is 286 g/mol. The van der Waals surface area contributed by atoms with Gasteiger partial charge in [0.2, 0.25) is 5.76 Å². The SMILES string of the molecule is O=C(NCC1CCN(c2ccccn2)CC1)c1ccno1. The second kappa shape index (κ2) is 6.39. The van der Waals surface area contributed by atoms with Crippen molar-refractivity contribution in [1.29, 1.82) is 0 Å². The molecule has 0 aromatic carbocycles. The molecule has 3 rings (SSSR count). The smallest absolute Gasteiger partial charge is 0.289 e. The third kappa shape index (κ3) is 3.39. The molecular formula is C15H18N4O2. The minimum atomic E-state index is -0.195. The summed E-state index contributed by atoms with van der Waals surface area (Å²) in [7, 11) is 0. The van der Waals surface area contributed by atoms with Crippen molar-refractivity contribution in [3.8, 4) is 0 Å². The van der Waals surface area contributed by atoms with Crippen molar-refractivity contribution in [3.63, 3.8) is 0 Å². The van der Waals surface area contributed by atoms with E-state index in [-0.39, 0.29) is 11.7 Å². The van der Waals surface area contributed by atoms with Crippen LogP contribution in [-0.4, -0.2) is 35.7 Å². The van der Waals surface area contributed by atoms with Crippen LogP contribution < -0.4 is 10.2 Å². The molecule has 0 radical (unpaired) electrons. The fourth-order valence-electron chi connectivity index (χ4n) is 2.56. The normalized spacial score (nSPS) is 15.9. The lowest BCUT2D eigenvalue weighted by Gasteiger charge is -2.32. The van der Waals surface area contributed by atoms with Gasteiger partial charge in [0.1, 0.15) is 5.82 Å². The number of pyridine rings is 1. The summed E-state index contributed by atoms with van der Waals surface area (Å²) in [6.45, 7) is 2.62. The molecule has 3 heterocycles. The molecule has 110 valence electrons. The van der Waals surface area contributed by atoms with E-state index in [0.717, 1.165) is 31.7 Å². The van der Waals surface area contributed by atoms with Crippen molar-refractivity contribution in [1.82, 2.24) is 15.5 Å². The number of hydrogen-bond acceptors (Lipinski definition) is 5. The first-order valence-corrected chi connectivity index (χ1v) is 7.18. The van der Waals surface area contributed by atoms with Gasteiger partial charge < -0.3 is 14.7 Å². The van der Waals surface area contributed by atoms with Crippen LogP contribution in [0.2, 0.25) is 0 Å². The molecule has 1 fully saturated rings. The molecule has 1 saturated heterocycles. The number of rotatable bonds is 4.